The van der Waals surface area contributed by atoms with Crippen LogP contribution in [0, 0.1) is 11.8 Å². The maximum atomic E-state index is 11.4. The number of rotatable bonds is 4. The molecule has 0 aliphatic rings. The van der Waals surface area contributed by atoms with Crippen molar-refractivity contribution >= 4 is 5.97 Å². The van der Waals surface area contributed by atoms with Gasteiger partial charge in [0.15, 0.2) is 0 Å². The van der Waals surface area contributed by atoms with Crippen LogP contribution in [-0.4, -0.2) is 26.7 Å². The summed E-state index contributed by atoms with van der Waals surface area (Å²) in [5, 5.41) is 3.38. The average molecular weight is 259 g/mol. The number of carbonyl (C=O) groups excluding carboxylic acids is 1. The molecule has 6 nitrogen and oxygen atoms in total. The van der Waals surface area contributed by atoms with E-state index in [0.29, 0.717) is 29.8 Å². The quantitative estimate of drug-likeness (QED) is 0.208. The summed E-state index contributed by atoms with van der Waals surface area (Å²) in [6.07, 6.45) is 0.440. The van der Waals surface area contributed by atoms with Crippen molar-refractivity contribution in [2.45, 2.75) is 6.42 Å². The molecule has 1 rings (SSSR count). The predicted octanol–water partition coefficient (Wildman–Crippen LogP) is 2.53. The second kappa shape index (κ2) is 7.64. The first kappa shape index (κ1) is 14.4. The second-order valence-electron chi connectivity index (χ2n) is 3.41. The van der Waals surface area contributed by atoms with Crippen molar-refractivity contribution in [1.82, 2.24) is 0 Å². The van der Waals surface area contributed by atoms with Crippen LogP contribution in [0.3, 0.4) is 0 Å². The first-order valence-electron chi connectivity index (χ1n) is 5.49. The number of benzene rings is 1. The minimum Gasteiger partial charge on any atom is -0.495 e. The molecule has 0 heterocycles. The van der Waals surface area contributed by atoms with Gasteiger partial charge < -0.3 is 9.47 Å². The SMILES string of the molecule is COC(=O)c1ccc(OC)c(C#CCCN=[N+]=[N-])c1. The van der Waals surface area contributed by atoms with Gasteiger partial charge in [-0.25, -0.2) is 4.79 Å². The number of azide groups is 1. The van der Waals surface area contributed by atoms with Crippen molar-refractivity contribution in [2.24, 2.45) is 5.11 Å². The lowest BCUT2D eigenvalue weighted by atomic mass is 10.1. The van der Waals surface area contributed by atoms with Gasteiger partial charge in [-0.1, -0.05) is 17.0 Å². The van der Waals surface area contributed by atoms with Crippen molar-refractivity contribution in [3.63, 3.8) is 0 Å². The Labute approximate surface area is 111 Å². The van der Waals surface area contributed by atoms with E-state index >= 15 is 0 Å². The number of methoxy groups -OCH3 is 2. The van der Waals surface area contributed by atoms with Crippen LogP contribution < -0.4 is 4.74 Å². The summed E-state index contributed by atoms with van der Waals surface area (Å²) in [7, 11) is 2.84. The molecule has 1 aromatic rings. The average Bonchev–Trinajstić information content (AvgIpc) is 2.46. The highest BCUT2D eigenvalue weighted by atomic mass is 16.5. The monoisotopic (exact) mass is 259 g/mol. The van der Waals surface area contributed by atoms with Crippen LogP contribution in [0.5, 0.6) is 5.75 Å². The van der Waals surface area contributed by atoms with Crippen molar-refractivity contribution in [2.75, 3.05) is 20.8 Å². The lowest BCUT2D eigenvalue weighted by Gasteiger charge is -2.05. The molecule has 19 heavy (non-hydrogen) atoms. The van der Waals surface area contributed by atoms with E-state index in [0.717, 1.165) is 0 Å². The van der Waals surface area contributed by atoms with E-state index in [-0.39, 0.29) is 0 Å². The zero-order valence-corrected chi connectivity index (χ0v) is 10.7. The van der Waals surface area contributed by atoms with Gasteiger partial charge in [0.1, 0.15) is 5.75 Å². The molecule has 1 aromatic carbocycles. The molecule has 0 amide bonds. The standard InChI is InChI=1S/C13H13N3O3/c1-18-12-7-6-11(13(17)19-2)9-10(12)5-3-4-8-15-16-14/h6-7,9H,4,8H2,1-2H3. The fraction of sp³-hybridized carbons (Fsp3) is 0.308. The molecule has 0 fully saturated rings. The molecule has 0 saturated heterocycles. The smallest absolute Gasteiger partial charge is 0.337 e. The largest absolute Gasteiger partial charge is 0.495 e. The van der Waals surface area contributed by atoms with Gasteiger partial charge in [-0.15, -0.1) is 0 Å². The molecule has 0 saturated carbocycles. The summed E-state index contributed by atoms with van der Waals surface area (Å²) >= 11 is 0. The highest BCUT2D eigenvalue weighted by Crippen LogP contribution is 2.19. The molecule has 0 radical (unpaired) electrons. The maximum absolute atomic E-state index is 11.4. The summed E-state index contributed by atoms with van der Waals surface area (Å²) in [6, 6.07) is 4.87. The summed E-state index contributed by atoms with van der Waals surface area (Å²) in [6.45, 7) is 0.308. The van der Waals surface area contributed by atoms with Crippen molar-refractivity contribution in [1.29, 1.82) is 0 Å². The molecule has 0 aromatic heterocycles. The van der Waals surface area contributed by atoms with E-state index in [1.54, 1.807) is 18.2 Å². The predicted molar refractivity (Wildman–Crippen MR) is 69.8 cm³/mol. The Bertz CT molecular complexity index is 566. The van der Waals surface area contributed by atoms with Crippen LogP contribution in [0.25, 0.3) is 10.4 Å². The zero-order chi connectivity index (χ0) is 14.1. The maximum Gasteiger partial charge on any atom is 0.337 e. The normalized spacial score (nSPS) is 8.74. The van der Waals surface area contributed by atoms with Gasteiger partial charge in [0.25, 0.3) is 0 Å². The second-order valence-corrected chi connectivity index (χ2v) is 3.41. The molecule has 0 aliphatic carbocycles. The Hall–Kier alpha value is -2.64. The van der Waals surface area contributed by atoms with Crippen molar-refractivity contribution < 1.29 is 14.3 Å². The van der Waals surface area contributed by atoms with Gasteiger partial charge in [0.05, 0.1) is 25.3 Å². The molecule has 0 N–H and O–H groups in total. The minimum atomic E-state index is -0.431. The Morgan fingerprint density at radius 3 is 2.89 bits per heavy atom. The van der Waals surface area contributed by atoms with Crippen LogP contribution in [0.4, 0.5) is 0 Å². The van der Waals surface area contributed by atoms with Gasteiger partial charge in [-0.05, 0) is 23.7 Å². The van der Waals surface area contributed by atoms with Crippen LogP contribution in [0.1, 0.15) is 22.3 Å². The van der Waals surface area contributed by atoms with Gasteiger partial charge in [0.2, 0.25) is 0 Å². The lowest BCUT2D eigenvalue weighted by Crippen LogP contribution is -2.02. The van der Waals surface area contributed by atoms with E-state index in [2.05, 4.69) is 26.6 Å². The number of esters is 1. The molecular weight excluding hydrogens is 246 g/mol. The number of ether oxygens (including phenoxy) is 2. The van der Waals surface area contributed by atoms with Gasteiger partial charge in [-0.3, -0.25) is 0 Å². The Balaban J connectivity index is 2.95. The summed E-state index contributed by atoms with van der Waals surface area (Å²) in [5.41, 5.74) is 9.12. The van der Waals surface area contributed by atoms with Crippen molar-refractivity contribution in [3.8, 4) is 17.6 Å². The first-order chi connectivity index (χ1) is 9.22. The van der Waals surface area contributed by atoms with Gasteiger partial charge in [-0.2, -0.15) is 0 Å². The third kappa shape index (κ3) is 4.26. The summed E-state index contributed by atoms with van der Waals surface area (Å²) in [5.74, 6) is 5.87. The van der Waals surface area contributed by atoms with E-state index in [1.165, 1.54) is 14.2 Å². The first-order valence-corrected chi connectivity index (χ1v) is 5.49. The van der Waals surface area contributed by atoms with E-state index in [4.69, 9.17) is 10.3 Å². The molecule has 0 unspecified atom stereocenters. The Morgan fingerprint density at radius 2 is 2.26 bits per heavy atom. The van der Waals surface area contributed by atoms with Crippen molar-refractivity contribution in [3.05, 3.63) is 39.8 Å². The van der Waals surface area contributed by atoms with E-state index in [9.17, 15) is 4.79 Å². The molecule has 0 aliphatic heterocycles. The van der Waals surface area contributed by atoms with Gasteiger partial charge in [0, 0.05) is 17.9 Å². The van der Waals surface area contributed by atoms with Gasteiger partial charge >= 0.3 is 5.97 Å². The lowest BCUT2D eigenvalue weighted by molar-refractivity contribution is 0.0600. The topological polar surface area (TPSA) is 84.3 Å². The third-order valence-electron chi connectivity index (χ3n) is 2.24. The zero-order valence-electron chi connectivity index (χ0n) is 10.7. The van der Waals surface area contributed by atoms with E-state index < -0.39 is 5.97 Å². The van der Waals surface area contributed by atoms with E-state index in [1.807, 2.05) is 0 Å². The Kier molecular flexibility index (Phi) is 5.80. The number of carbonyl (C=O) groups is 1. The highest BCUT2D eigenvalue weighted by Gasteiger charge is 2.08. The number of hydrogen-bond donors (Lipinski definition) is 0. The molecule has 98 valence electrons. The minimum absolute atomic E-state index is 0.308. The Morgan fingerprint density at radius 1 is 1.47 bits per heavy atom. The molecule has 0 bridgehead atoms. The molecule has 6 heteroatoms. The van der Waals surface area contributed by atoms with Crippen LogP contribution in [0.2, 0.25) is 0 Å². The number of nitrogens with zero attached hydrogens (tertiary/aromatic N) is 3. The molecule has 0 spiro atoms. The molecule has 0 atom stereocenters. The van der Waals surface area contributed by atoms with Crippen LogP contribution in [0.15, 0.2) is 23.3 Å². The highest BCUT2D eigenvalue weighted by molar-refractivity contribution is 5.90. The summed E-state index contributed by atoms with van der Waals surface area (Å²) < 4.78 is 9.79. The van der Waals surface area contributed by atoms with Crippen LogP contribution >= 0.6 is 0 Å². The van der Waals surface area contributed by atoms with Crippen LogP contribution in [-0.2, 0) is 4.74 Å². The summed E-state index contributed by atoms with van der Waals surface area (Å²) in [4.78, 5) is 14.0. The number of hydrogen-bond acceptors (Lipinski definition) is 4. The fourth-order valence-corrected chi connectivity index (χ4v) is 1.36. The fourth-order valence-electron chi connectivity index (χ4n) is 1.36. The third-order valence-corrected chi connectivity index (χ3v) is 2.24. The molecular formula is C13H13N3O3.